The first-order chi connectivity index (χ1) is 8.15. The lowest BCUT2D eigenvalue weighted by Crippen LogP contribution is -2.50. The van der Waals surface area contributed by atoms with Crippen molar-refractivity contribution in [1.29, 1.82) is 0 Å². The highest BCUT2D eigenvalue weighted by Crippen LogP contribution is 2.09. The molecule has 94 valence electrons. The van der Waals surface area contributed by atoms with Crippen LogP contribution in [0, 0.1) is 12.7 Å². The molecule has 0 atom stereocenters. The van der Waals surface area contributed by atoms with E-state index < -0.39 is 0 Å². The second kappa shape index (κ2) is 5.58. The summed E-state index contributed by atoms with van der Waals surface area (Å²) in [5, 5.41) is 2.21. The van der Waals surface area contributed by atoms with Gasteiger partial charge in [-0.25, -0.2) is 9.40 Å². The molecule has 1 aliphatic rings. The molecule has 1 aromatic carbocycles. The lowest BCUT2D eigenvalue weighted by molar-refractivity contribution is 0.102. The smallest absolute Gasteiger partial charge is 0.126 e. The zero-order valence-electron chi connectivity index (χ0n) is 10.5. The molecule has 2 rings (SSSR count). The Morgan fingerprint density at radius 3 is 2.59 bits per heavy atom. The first-order valence-electron chi connectivity index (χ1n) is 6.07. The molecule has 0 bridgehead atoms. The monoisotopic (exact) mass is 237 g/mol. The summed E-state index contributed by atoms with van der Waals surface area (Å²) in [4.78, 5) is 2.31. The Kier molecular flexibility index (Phi) is 4.10. The lowest BCUT2D eigenvalue weighted by Gasteiger charge is -2.32. The summed E-state index contributed by atoms with van der Waals surface area (Å²) < 4.78 is 13.3. The van der Waals surface area contributed by atoms with Crippen LogP contribution in [0.3, 0.4) is 0 Å². The highest BCUT2D eigenvalue weighted by Gasteiger charge is 2.12. The summed E-state index contributed by atoms with van der Waals surface area (Å²) in [5.41, 5.74) is 5.04. The molecule has 3 nitrogen and oxygen atoms in total. The number of rotatable bonds is 3. The molecule has 4 heteroatoms. The predicted octanol–water partition coefficient (Wildman–Crippen LogP) is 1.39. The van der Waals surface area contributed by atoms with E-state index in [2.05, 4.69) is 22.4 Å². The largest absolute Gasteiger partial charge is 0.304 e. The van der Waals surface area contributed by atoms with Gasteiger partial charge in [-0.15, -0.1) is 0 Å². The van der Waals surface area contributed by atoms with Gasteiger partial charge < -0.3 is 4.90 Å². The number of hydrogen-bond donors (Lipinski definition) is 1. The van der Waals surface area contributed by atoms with Crippen LogP contribution in [0.4, 0.5) is 4.39 Å². The molecule has 0 unspecified atom stereocenters. The topological polar surface area (TPSA) is 18.5 Å². The maximum atomic E-state index is 13.3. The van der Waals surface area contributed by atoms with E-state index >= 15 is 0 Å². The number of benzene rings is 1. The van der Waals surface area contributed by atoms with E-state index in [1.807, 2.05) is 12.1 Å². The first-order valence-corrected chi connectivity index (χ1v) is 6.07. The maximum absolute atomic E-state index is 13.3. The Bertz CT molecular complexity index is 373. The van der Waals surface area contributed by atoms with Gasteiger partial charge in [0.05, 0.1) is 0 Å². The molecule has 17 heavy (non-hydrogen) atoms. The van der Waals surface area contributed by atoms with Gasteiger partial charge >= 0.3 is 0 Å². The van der Waals surface area contributed by atoms with Gasteiger partial charge in [-0.1, -0.05) is 12.1 Å². The van der Waals surface area contributed by atoms with Crippen molar-refractivity contribution in [3.05, 3.63) is 35.1 Å². The average Bonchev–Trinajstić information content (AvgIpc) is 2.33. The van der Waals surface area contributed by atoms with Crippen LogP contribution >= 0.6 is 0 Å². The molecule has 0 aliphatic carbocycles. The maximum Gasteiger partial charge on any atom is 0.126 e. The van der Waals surface area contributed by atoms with E-state index in [1.54, 1.807) is 13.0 Å². The van der Waals surface area contributed by atoms with Gasteiger partial charge in [0.2, 0.25) is 0 Å². The van der Waals surface area contributed by atoms with Gasteiger partial charge in [0.15, 0.2) is 0 Å². The van der Waals surface area contributed by atoms with Crippen molar-refractivity contribution in [1.82, 2.24) is 15.3 Å². The van der Waals surface area contributed by atoms with E-state index in [9.17, 15) is 4.39 Å². The second-order valence-electron chi connectivity index (χ2n) is 4.71. The average molecular weight is 237 g/mol. The van der Waals surface area contributed by atoms with E-state index in [1.165, 1.54) is 0 Å². The molecule has 0 amide bonds. The molecule has 0 saturated carbocycles. The summed E-state index contributed by atoms with van der Waals surface area (Å²) in [6.07, 6.45) is 0. The fraction of sp³-hybridized carbons (Fsp3) is 0.538. The third kappa shape index (κ3) is 3.49. The molecule has 1 N–H and O–H groups in total. The van der Waals surface area contributed by atoms with Crippen LogP contribution in [0.15, 0.2) is 18.2 Å². The van der Waals surface area contributed by atoms with Crippen molar-refractivity contribution < 1.29 is 4.39 Å². The molecular weight excluding hydrogens is 217 g/mol. The Morgan fingerprint density at radius 2 is 1.94 bits per heavy atom. The third-order valence-electron chi connectivity index (χ3n) is 3.25. The van der Waals surface area contributed by atoms with Gasteiger partial charge in [0.25, 0.3) is 0 Å². The molecule has 1 saturated heterocycles. The number of hydrazine groups is 1. The molecule has 1 fully saturated rings. The van der Waals surface area contributed by atoms with Crippen molar-refractivity contribution in [2.45, 2.75) is 13.5 Å². The van der Waals surface area contributed by atoms with Crippen LogP contribution in [0.2, 0.25) is 0 Å². The van der Waals surface area contributed by atoms with Crippen LogP contribution in [-0.4, -0.2) is 43.1 Å². The van der Waals surface area contributed by atoms with Gasteiger partial charge in [-0.2, -0.15) is 0 Å². The number of halogens is 1. The summed E-state index contributed by atoms with van der Waals surface area (Å²) in [6.45, 7) is 6.67. The van der Waals surface area contributed by atoms with Crippen molar-refractivity contribution in [2.75, 3.05) is 33.2 Å². The second-order valence-corrected chi connectivity index (χ2v) is 4.71. The quantitative estimate of drug-likeness (QED) is 0.857. The SMILES string of the molecule is Cc1ccc(CNN2CCN(C)CC2)cc1F. The molecule has 0 radical (unpaired) electrons. The zero-order chi connectivity index (χ0) is 12.3. The number of likely N-dealkylation sites (N-methyl/N-ethyl adjacent to an activating group) is 1. The number of nitrogens with one attached hydrogen (secondary N) is 1. The van der Waals surface area contributed by atoms with Crippen molar-refractivity contribution >= 4 is 0 Å². The van der Waals surface area contributed by atoms with Crippen molar-refractivity contribution in [3.63, 3.8) is 0 Å². The number of aryl methyl sites for hydroxylation is 1. The van der Waals surface area contributed by atoms with Gasteiger partial charge in [-0.05, 0) is 31.2 Å². The highest BCUT2D eigenvalue weighted by atomic mass is 19.1. The molecule has 0 spiro atoms. The first kappa shape index (κ1) is 12.5. The molecular formula is C13H20FN3. The Hall–Kier alpha value is -0.970. The van der Waals surface area contributed by atoms with Crippen LogP contribution in [0.5, 0.6) is 0 Å². The van der Waals surface area contributed by atoms with Crippen LogP contribution in [0.1, 0.15) is 11.1 Å². The van der Waals surface area contributed by atoms with E-state index in [0.29, 0.717) is 12.1 Å². The van der Waals surface area contributed by atoms with Crippen LogP contribution in [0.25, 0.3) is 0 Å². The standard InChI is InChI=1S/C13H20FN3/c1-11-3-4-12(9-13(11)14)10-15-17-7-5-16(2)6-8-17/h3-4,9,15H,5-8,10H2,1-2H3. The third-order valence-corrected chi connectivity index (χ3v) is 3.25. The highest BCUT2D eigenvalue weighted by molar-refractivity contribution is 5.23. The fourth-order valence-corrected chi connectivity index (χ4v) is 1.91. The Balaban J connectivity index is 1.83. The van der Waals surface area contributed by atoms with Crippen molar-refractivity contribution in [2.24, 2.45) is 0 Å². The minimum atomic E-state index is -0.123. The normalized spacial score (nSPS) is 18.5. The molecule has 0 aromatic heterocycles. The summed E-state index contributed by atoms with van der Waals surface area (Å²) in [5.74, 6) is -0.123. The molecule has 1 aromatic rings. The summed E-state index contributed by atoms with van der Waals surface area (Å²) in [7, 11) is 2.13. The predicted molar refractivity (Wildman–Crippen MR) is 67.0 cm³/mol. The Morgan fingerprint density at radius 1 is 1.24 bits per heavy atom. The van der Waals surface area contributed by atoms with E-state index in [0.717, 1.165) is 31.7 Å². The van der Waals surface area contributed by atoms with E-state index in [-0.39, 0.29) is 5.82 Å². The fourth-order valence-electron chi connectivity index (χ4n) is 1.91. The van der Waals surface area contributed by atoms with Crippen molar-refractivity contribution in [3.8, 4) is 0 Å². The van der Waals surface area contributed by atoms with E-state index in [4.69, 9.17) is 0 Å². The number of piperazine rings is 1. The number of nitrogens with zero attached hydrogens (tertiary/aromatic N) is 2. The summed E-state index contributed by atoms with van der Waals surface area (Å²) in [6, 6.07) is 5.41. The lowest BCUT2D eigenvalue weighted by atomic mass is 10.1. The minimum absolute atomic E-state index is 0.123. The van der Waals surface area contributed by atoms with Gasteiger partial charge in [0, 0.05) is 32.7 Å². The molecule has 1 aliphatic heterocycles. The van der Waals surface area contributed by atoms with Gasteiger partial charge in [0.1, 0.15) is 5.82 Å². The summed E-state index contributed by atoms with van der Waals surface area (Å²) >= 11 is 0. The minimum Gasteiger partial charge on any atom is -0.304 e. The van der Waals surface area contributed by atoms with Crippen LogP contribution in [-0.2, 0) is 6.54 Å². The molecule has 1 heterocycles. The van der Waals surface area contributed by atoms with Crippen LogP contribution < -0.4 is 5.43 Å². The number of hydrogen-bond acceptors (Lipinski definition) is 3. The Labute approximate surface area is 102 Å². The zero-order valence-corrected chi connectivity index (χ0v) is 10.5. The van der Waals surface area contributed by atoms with Gasteiger partial charge in [-0.3, -0.25) is 5.43 Å².